The second-order valence-electron chi connectivity index (χ2n) is 9.82. The second kappa shape index (κ2) is 10.2. The number of rotatable bonds is 5. The fourth-order valence-electron chi connectivity index (χ4n) is 4.96. The predicted octanol–water partition coefficient (Wildman–Crippen LogP) is 7.88. The molecule has 5 rings (SSSR count). The fourth-order valence-corrected chi connectivity index (χ4v) is 5.34. The van der Waals surface area contributed by atoms with Gasteiger partial charge in [-0.3, -0.25) is 0 Å². The largest absolute Gasteiger partial charge is 0.419 e. The molecule has 4 aromatic rings. The lowest BCUT2D eigenvalue weighted by Crippen LogP contribution is -2.35. The molecule has 0 radical (unpaired) electrons. The highest BCUT2D eigenvalue weighted by Gasteiger charge is 2.34. The van der Waals surface area contributed by atoms with Crippen LogP contribution >= 0.6 is 23.2 Å². The predicted molar refractivity (Wildman–Crippen MR) is 143 cm³/mol. The van der Waals surface area contributed by atoms with E-state index in [-0.39, 0.29) is 5.02 Å². The molecule has 9 heteroatoms. The number of piperidine rings is 1. The Morgan fingerprint density at radius 1 is 0.973 bits per heavy atom. The number of imidazole rings is 1. The molecule has 37 heavy (non-hydrogen) atoms. The molecule has 0 N–H and O–H groups in total. The molecule has 1 aliphatic rings. The van der Waals surface area contributed by atoms with Crippen molar-refractivity contribution >= 4 is 40.1 Å². The van der Waals surface area contributed by atoms with Gasteiger partial charge in [0.1, 0.15) is 11.6 Å². The summed E-state index contributed by atoms with van der Waals surface area (Å²) in [4.78, 5) is 11.1. The molecular formula is C28H27Cl2F3N4. The quantitative estimate of drug-likeness (QED) is 0.255. The maximum atomic E-state index is 13.0. The molecule has 0 unspecified atom stereocenters. The molecule has 2 aromatic carbocycles. The highest BCUT2D eigenvalue weighted by molar-refractivity contribution is 6.31. The van der Waals surface area contributed by atoms with Crippen LogP contribution in [0.5, 0.6) is 0 Å². The highest BCUT2D eigenvalue weighted by atomic mass is 35.5. The summed E-state index contributed by atoms with van der Waals surface area (Å²) >= 11 is 12.0. The summed E-state index contributed by atoms with van der Waals surface area (Å²) in [5.41, 5.74) is 4.81. The zero-order chi connectivity index (χ0) is 26.3. The molecular weight excluding hydrogens is 520 g/mol. The summed E-state index contributed by atoms with van der Waals surface area (Å²) in [6.45, 7) is 6.33. The number of benzene rings is 2. The van der Waals surface area contributed by atoms with E-state index < -0.39 is 11.7 Å². The van der Waals surface area contributed by atoms with E-state index in [2.05, 4.69) is 35.5 Å². The smallest absolute Gasteiger partial charge is 0.357 e. The number of nitrogens with zero attached hydrogens (tertiary/aromatic N) is 4. The van der Waals surface area contributed by atoms with Crippen LogP contribution in [0.3, 0.4) is 0 Å². The van der Waals surface area contributed by atoms with Crippen LogP contribution in [0.15, 0.2) is 48.7 Å². The molecule has 0 bridgehead atoms. The normalized spacial score (nSPS) is 15.1. The number of halogens is 5. The molecule has 1 aliphatic heterocycles. The maximum absolute atomic E-state index is 13.0. The van der Waals surface area contributed by atoms with Crippen molar-refractivity contribution in [3.63, 3.8) is 0 Å². The minimum absolute atomic E-state index is 0.318. The van der Waals surface area contributed by atoms with E-state index >= 15 is 0 Å². The summed E-state index contributed by atoms with van der Waals surface area (Å²) in [5, 5.41) is 0.391. The van der Waals surface area contributed by atoms with Crippen LogP contribution in [-0.2, 0) is 19.1 Å². The topological polar surface area (TPSA) is 34.0 Å². The summed E-state index contributed by atoms with van der Waals surface area (Å²) < 4.78 is 41.4. The Balaban J connectivity index is 1.34. The second-order valence-corrected chi connectivity index (χ2v) is 10.7. The van der Waals surface area contributed by atoms with Crippen molar-refractivity contribution in [3.05, 3.63) is 86.8 Å². The number of anilines is 1. The Labute approximate surface area is 224 Å². The van der Waals surface area contributed by atoms with Crippen LogP contribution in [0.1, 0.15) is 40.9 Å². The van der Waals surface area contributed by atoms with Crippen LogP contribution in [0.2, 0.25) is 10.0 Å². The summed E-state index contributed by atoms with van der Waals surface area (Å²) in [7, 11) is 0. The number of hydrogen-bond acceptors (Lipinski definition) is 3. The van der Waals surface area contributed by atoms with Gasteiger partial charge < -0.3 is 9.47 Å². The van der Waals surface area contributed by atoms with Crippen molar-refractivity contribution in [2.24, 2.45) is 5.92 Å². The molecule has 1 fully saturated rings. The SMILES string of the molecule is Cc1cc2nc(CC3CCN(c4cc(Cl)c(C(F)(F)F)cn4)CC3)n(Cc3ccc(Cl)cc3)c2cc1C. The van der Waals surface area contributed by atoms with Crippen LogP contribution in [0, 0.1) is 19.8 Å². The molecule has 1 saturated heterocycles. The van der Waals surface area contributed by atoms with Crippen molar-refractivity contribution in [3.8, 4) is 0 Å². The highest BCUT2D eigenvalue weighted by Crippen LogP contribution is 2.36. The number of aryl methyl sites for hydroxylation is 2. The molecule has 0 amide bonds. The van der Waals surface area contributed by atoms with E-state index in [9.17, 15) is 13.2 Å². The van der Waals surface area contributed by atoms with Crippen LogP contribution < -0.4 is 4.90 Å². The van der Waals surface area contributed by atoms with Gasteiger partial charge in [0, 0.05) is 37.3 Å². The maximum Gasteiger partial charge on any atom is 0.419 e. The van der Waals surface area contributed by atoms with Gasteiger partial charge in [0.2, 0.25) is 0 Å². The molecule has 0 atom stereocenters. The number of aromatic nitrogens is 3. The third kappa shape index (κ3) is 5.58. The Morgan fingerprint density at radius 3 is 2.30 bits per heavy atom. The van der Waals surface area contributed by atoms with Crippen LogP contribution in [0.4, 0.5) is 19.0 Å². The van der Waals surface area contributed by atoms with Gasteiger partial charge >= 0.3 is 6.18 Å². The van der Waals surface area contributed by atoms with E-state index in [1.54, 1.807) is 0 Å². The Bertz CT molecular complexity index is 1420. The Morgan fingerprint density at radius 2 is 1.65 bits per heavy atom. The van der Waals surface area contributed by atoms with Gasteiger partial charge in [0.25, 0.3) is 0 Å². The average Bonchev–Trinajstić information content (AvgIpc) is 3.16. The van der Waals surface area contributed by atoms with E-state index in [0.717, 1.165) is 47.9 Å². The Hall–Kier alpha value is -2.77. The number of pyridine rings is 1. The van der Waals surface area contributed by atoms with Crippen molar-refractivity contribution in [1.82, 2.24) is 14.5 Å². The molecule has 0 aliphatic carbocycles. The first-order chi connectivity index (χ1) is 17.6. The number of alkyl halides is 3. The fraction of sp³-hybridized carbons (Fsp3) is 0.357. The van der Waals surface area contributed by atoms with Gasteiger partial charge in [0.15, 0.2) is 0 Å². The van der Waals surface area contributed by atoms with E-state index in [1.165, 1.54) is 17.2 Å². The van der Waals surface area contributed by atoms with Crippen molar-refractivity contribution in [2.45, 2.75) is 45.8 Å². The lowest BCUT2D eigenvalue weighted by Gasteiger charge is -2.33. The van der Waals surface area contributed by atoms with Crippen LogP contribution in [0.25, 0.3) is 11.0 Å². The van der Waals surface area contributed by atoms with Crippen LogP contribution in [-0.4, -0.2) is 27.6 Å². The summed E-state index contributed by atoms with van der Waals surface area (Å²) in [6.07, 6.45) is -1.07. The average molecular weight is 547 g/mol. The van der Waals surface area contributed by atoms with Crippen molar-refractivity contribution in [1.29, 1.82) is 0 Å². The van der Waals surface area contributed by atoms with Gasteiger partial charge in [-0.2, -0.15) is 13.2 Å². The first-order valence-corrected chi connectivity index (χ1v) is 13.0. The van der Waals surface area contributed by atoms with Gasteiger partial charge in [-0.05, 0) is 79.6 Å². The third-order valence-corrected chi connectivity index (χ3v) is 7.82. The minimum Gasteiger partial charge on any atom is -0.357 e. The first kappa shape index (κ1) is 25.9. The molecule has 2 aromatic heterocycles. The number of fused-ring (bicyclic) bond motifs is 1. The van der Waals surface area contributed by atoms with Crippen molar-refractivity contribution < 1.29 is 13.2 Å². The van der Waals surface area contributed by atoms with Gasteiger partial charge in [-0.25, -0.2) is 9.97 Å². The van der Waals surface area contributed by atoms with Gasteiger partial charge in [0.05, 0.1) is 21.6 Å². The van der Waals surface area contributed by atoms with E-state index in [4.69, 9.17) is 28.2 Å². The van der Waals surface area contributed by atoms with Gasteiger partial charge in [-0.1, -0.05) is 35.3 Å². The summed E-state index contributed by atoms with van der Waals surface area (Å²) in [6, 6.07) is 13.6. The third-order valence-electron chi connectivity index (χ3n) is 7.25. The number of hydrogen-bond donors (Lipinski definition) is 0. The van der Waals surface area contributed by atoms with Gasteiger partial charge in [-0.15, -0.1) is 0 Å². The minimum atomic E-state index is -4.51. The molecule has 194 valence electrons. The lowest BCUT2D eigenvalue weighted by molar-refractivity contribution is -0.137. The standard InChI is InChI=1S/C28H27Cl2F3N4/c1-17-11-24-25(12-18(17)2)37(16-20-3-5-21(29)6-4-20)27(35-24)13-19-7-9-36(10-8-19)26-14-23(30)22(15-34-26)28(31,32)33/h3-6,11-12,14-15,19H,7-10,13,16H2,1-2H3. The first-order valence-electron chi connectivity index (χ1n) is 12.3. The van der Waals surface area contributed by atoms with Crippen molar-refractivity contribution in [2.75, 3.05) is 18.0 Å². The molecule has 0 spiro atoms. The Kier molecular flexibility index (Phi) is 7.12. The zero-order valence-corrected chi connectivity index (χ0v) is 22.1. The van der Waals surface area contributed by atoms with E-state index in [0.29, 0.717) is 36.4 Å². The van der Waals surface area contributed by atoms with E-state index in [1.807, 2.05) is 29.2 Å². The molecule has 4 nitrogen and oxygen atoms in total. The lowest BCUT2D eigenvalue weighted by atomic mass is 9.93. The molecule has 3 heterocycles. The monoisotopic (exact) mass is 546 g/mol. The molecule has 0 saturated carbocycles. The summed E-state index contributed by atoms with van der Waals surface area (Å²) in [5.74, 6) is 1.94. The zero-order valence-electron chi connectivity index (χ0n) is 20.6.